The van der Waals surface area contributed by atoms with Crippen molar-refractivity contribution in [3.8, 4) is 5.75 Å². The summed E-state index contributed by atoms with van der Waals surface area (Å²) in [6.07, 6.45) is 4.25. The molecule has 1 saturated heterocycles. The van der Waals surface area contributed by atoms with Gasteiger partial charge in [-0.2, -0.15) is 10.1 Å². The first-order valence-electron chi connectivity index (χ1n) is 7.97. The van der Waals surface area contributed by atoms with Gasteiger partial charge in [-0.15, -0.1) is 0 Å². The van der Waals surface area contributed by atoms with Crippen LogP contribution in [0.25, 0.3) is 0 Å². The second kappa shape index (κ2) is 6.39. The first-order valence-corrected chi connectivity index (χ1v) is 7.97. The second-order valence-electron chi connectivity index (χ2n) is 5.94. The number of carbonyl (C=O) groups excluding carboxylic acids is 1. The van der Waals surface area contributed by atoms with E-state index < -0.39 is 0 Å². The fourth-order valence-electron chi connectivity index (χ4n) is 2.95. The lowest BCUT2D eigenvalue weighted by molar-refractivity contribution is -0.117. The predicted octanol–water partition coefficient (Wildman–Crippen LogP) is 1.91. The molecule has 1 fully saturated rings. The largest absolute Gasteiger partial charge is 0.497 e. The van der Waals surface area contributed by atoms with Crippen molar-refractivity contribution in [1.82, 2.24) is 20.3 Å². The minimum absolute atomic E-state index is 0.0290. The quantitative estimate of drug-likeness (QED) is 0.763. The first kappa shape index (κ1) is 15.4. The van der Waals surface area contributed by atoms with Crippen LogP contribution >= 0.6 is 0 Å². The van der Waals surface area contributed by atoms with Gasteiger partial charge in [-0.1, -0.05) is 17.3 Å². The summed E-state index contributed by atoms with van der Waals surface area (Å²) in [6, 6.07) is 7.73. The molecular formula is C17H17N5O3. The standard InChI is InChI=1S/C17H17N5O3/c1-24-14-4-2-11(3-5-14)6-15-20-17(25-21-15)12-7-16(23)22(10-12)13-8-18-19-9-13/h2-5,8-9,12H,6-7,10H2,1H3,(H,18,19)/t12-/m1/s1. The van der Waals surface area contributed by atoms with Gasteiger partial charge < -0.3 is 14.2 Å². The number of hydrogen-bond acceptors (Lipinski definition) is 6. The van der Waals surface area contributed by atoms with Gasteiger partial charge in [0.25, 0.3) is 0 Å². The van der Waals surface area contributed by atoms with Crippen molar-refractivity contribution in [3.63, 3.8) is 0 Å². The molecule has 0 radical (unpaired) electrons. The molecule has 0 unspecified atom stereocenters. The molecule has 0 spiro atoms. The van der Waals surface area contributed by atoms with Gasteiger partial charge in [0.05, 0.1) is 24.9 Å². The number of carbonyl (C=O) groups is 1. The van der Waals surface area contributed by atoms with E-state index in [0.29, 0.717) is 31.1 Å². The van der Waals surface area contributed by atoms with Crippen LogP contribution < -0.4 is 9.64 Å². The number of methoxy groups -OCH3 is 1. The predicted molar refractivity (Wildman–Crippen MR) is 88.4 cm³/mol. The Hall–Kier alpha value is -3.16. The van der Waals surface area contributed by atoms with Crippen LogP contribution in [0.2, 0.25) is 0 Å². The molecule has 3 heterocycles. The maximum atomic E-state index is 12.2. The number of H-pyrrole nitrogens is 1. The second-order valence-corrected chi connectivity index (χ2v) is 5.94. The van der Waals surface area contributed by atoms with Gasteiger partial charge in [0.1, 0.15) is 5.75 Å². The fourth-order valence-corrected chi connectivity index (χ4v) is 2.95. The van der Waals surface area contributed by atoms with Crippen LogP contribution in [0, 0.1) is 0 Å². The van der Waals surface area contributed by atoms with Crippen molar-refractivity contribution in [1.29, 1.82) is 0 Å². The molecular weight excluding hydrogens is 322 g/mol. The maximum absolute atomic E-state index is 12.2. The van der Waals surface area contributed by atoms with Crippen LogP contribution in [0.1, 0.15) is 29.6 Å². The third kappa shape index (κ3) is 3.10. The molecule has 25 heavy (non-hydrogen) atoms. The maximum Gasteiger partial charge on any atom is 0.232 e. The van der Waals surface area contributed by atoms with E-state index in [-0.39, 0.29) is 11.8 Å². The van der Waals surface area contributed by atoms with Gasteiger partial charge in [-0.3, -0.25) is 9.89 Å². The minimum Gasteiger partial charge on any atom is -0.497 e. The number of hydrogen-bond donors (Lipinski definition) is 1. The topological polar surface area (TPSA) is 97.1 Å². The molecule has 0 aliphatic carbocycles. The summed E-state index contributed by atoms with van der Waals surface area (Å²) in [5, 5.41) is 10.6. The Labute approximate surface area is 143 Å². The van der Waals surface area contributed by atoms with Gasteiger partial charge in [-0.25, -0.2) is 0 Å². The summed E-state index contributed by atoms with van der Waals surface area (Å²) in [5.74, 6) is 1.85. The SMILES string of the molecule is COc1ccc(Cc2noc([C@@H]3CC(=O)N(c4cn[nH]c4)C3)n2)cc1. The number of aromatic nitrogens is 4. The molecule has 2 aromatic heterocycles. The highest BCUT2D eigenvalue weighted by atomic mass is 16.5. The number of benzene rings is 1. The summed E-state index contributed by atoms with van der Waals surface area (Å²) < 4.78 is 10.5. The van der Waals surface area contributed by atoms with Crippen LogP contribution in [0.4, 0.5) is 5.69 Å². The average molecular weight is 339 g/mol. The van der Waals surface area contributed by atoms with Crippen molar-refractivity contribution in [2.45, 2.75) is 18.8 Å². The molecule has 8 heteroatoms. The van der Waals surface area contributed by atoms with E-state index in [9.17, 15) is 4.79 Å². The molecule has 0 saturated carbocycles. The highest BCUT2D eigenvalue weighted by molar-refractivity contribution is 5.96. The smallest absolute Gasteiger partial charge is 0.232 e. The van der Waals surface area contributed by atoms with Crippen LogP contribution in [0.15, 0.2) is 41.2 Å². The number of nitrogens with one attached hydrogen (secondary N) is 1. The van der Waals surface area contributed by atoms with Crippen molar-refractivity contribution >= 4 is 11.6 Å². The Kier molecular flexibility index (Phi) is 3.93. The summed E-state index contributed by atoms with van der Waals surface area (Å²) in [4.78, 5) is 18.3. The van der Waals surface area contributed by atoms with Crippen LogP contribution in [0.3, 0.4) is 0 Å². The average Bonchev–Trinajstić information content (AvgIpc) is 3.36. The number of aromatic amines is 1. The van der Waals surface area contributed by atoms with Crippen LogP contribution in [-0.4, -0.2) is 39.9 Å². The number of ether oxygens (including phenoxy) is 1. The molecule has 1 aliphatic heterocycles. The lowest BCUT2D eigenvalue weighted by Gasteiger charge is -2.12. The van der Waals surface area contributed by atoms with E-state index >= 15 is 0 Å². The normalized spacial score (nSPS) is 17.2. The Balaban J connectivity index is 1.45. The van der Waals surface area contributed by atoms with E-state index in [1.807, 2.05) is 24.3 Å². The number of amides is 1. The van der Waals surface area contributed by atoms with E-state index in [1.54, 1.807) is 24.4 Å². The first-order chi connectivity index (χ1) is 12.2. The molecule has 8 nitrogen and oxygen atoms in total. The zero-order valence-electron chi connectivity index (χ0n) is 13.7. The fraction of sp³-hybridized carbons (Fsp3) is 0.294. The summed E-state index contributed by atoms with van der Waals surface area (Å²) in [5.41, 5.74) is 1.82. The Morgan fingerprint density at radius 1 is 1.36 bits per heavy atom. The van der Waals surface area contributed by atoms with Gasteiger partial charge in [-0.05, 0) is 17.7 Å². The van der Waals surface area contributed by atoms with Gasteiger partial charge >= 0.3 is 0 Å². The van der Waals surface area contributed by atoms with Crippen LogP contribution in [-0.2, 0) is 11.2 Å². The summed E-state index contributed by atoms with van der Waals surface area (Å²) >= 11 is 0. The molecule has 1 amide bonds. The molecule has 1 aliphatic rings. The number of anilines is 1. The van der Waals surface area contributed by atoms with E-state index in [2.05, 4.69) is 20.3 Å². The third-order valence-corrected chi connectivity index (χ3v) is 4.27. The highest BCUT2D eigenvalue weighted by Gasteiger charge is 2.35. The van der Waals surface area contributed by atoms with Crippen LogP contribution in [0.5, 0.6) is 5.75 Å². The van der Waals surface area contributed by atoms with Crippen molar-refractivity contribution in [2.75, 3.05) is 18.6 Å². The molecule has 1 aromatic carbocycles. The Morgan fingerprint density at radius 2 is 2.20 bits per heavy atom. The van der Waals surface area contributed by atoms with E-state index in [0.717, 1.165) is 17.0 Å². The molecule has 1 N–H and O–H groups in total. The molecule has 4 rings (SSSR count). The zero-order chi connectivity index (χ0) is 17.2. The van der Waals surface area contributed by atoms with Crippen molar-refractivity contribution in [2.24, 2.45) is 0 Å². The van der Waals surface area contributed by atoms with Gasteiger partial charge in [0.2, 0.25) is 11.8 Å². The number of nitrogens with zero attached hydrogens (tertiary/aromatic N) is 4. The minimum atomic E-state index is -0.0977. The summed E-state index contributed by atoms with van der Waals surface area (Å²) in [6.45, 7) is 0.516. The lowest BCUT2D eigenvalue weighted by atomic mass is 10.1. The molecule has 3 aromatic rings. The third-order valence-electron chi connectivity index (χ3n) is 4.27. The Morgan fingerprint density at radius 3 is 2.92 bits per heavy atom. The summed E-state index contributed by atoms with van der Waals surface area (Å²) in [7, 11) is 1.64. The molecule has 0 bridgehead atoms. The Bertz CT molecular complexity index is 857. The van der Waals surface area contributed by atoms with Crippen molar-refractivity contribution in [3.05, 3.63) is 53.9 Å². The monoisotopic (exact) mass is 339 g/mol. The van der Waals surface area contributed by atoms with Gasteiger partial charge in [0, 0.05) is 25.6 Å². The van der Waals surface area contributed by atoms with Gasteiger partial charge in [0.15, 0.2) is 5.82 Å². The molecule has 128 valence electrons. The lowest BCUT2D eigenvalue weighted by Crippen LogP contribution is -2.23. The van der Waals surface area contributed by atoms with Crippen molar-refractivity contribution < 1.29 is 14.1 Å². The van der Waals surface area contributed by atoms with E-state index in [4.69, 9.17) is 9.26 Å². The van der Waals surface area contributed by atoms with E-state index in [1.165, 1.54) is 0 Å². The zero-order valence-corrected chi connectivity index (χ0v) is 13.7. The molecule has 1 atom stereocenters. The number of rotatable bonds is 5. The highest BCUT2D eigenvalue weighted by Crippen LogP contribution is 2.30.